The van der Waals surface area contributed by atoms with Crippen LogP contribution in [0.25, 0.3) is 0 Å². The second kappa shape index (κ2) is 5.62. The number of rotatable bonds is 3. The topological polar surface area (TPSA) is 83.9 Å². The Balaban J connectivity index is 2.48. The molecular formula is C11H10F3NO5S. The molecule has 0 aliphatic carbocycles. The highest BCUT2D eigenvalue weighted by Gasteiger charge is 2.39. The number of carboxylic acid groups (broad SMARTS) is 1. The van der Waals surface area contributed by atoms with E-state index in [2.05, 4.69) is 0 Å². The number of aliphatic carboxylic acids is 1. The van der Waals surface area contributed by atoms with E-state index < -0.39 is 44.4 Å². The van der Waals surface area contributed by atoms with E-state index in [-0.39, 0.29) is 19.8 Å². The second-order valence-corrected chi connectivity index (χ2v) is 6.14. The smallest absolute Gasteiger partial charge is 0.324 e. The van der Waals surface area contributed by atoms with Crippen LogP contribution in [0.15, 0.2) is 17.0 Å². The number of ether oxygens (including phenoxy) is 1. The molecule has 0 bridgehead atoms. The van der Waals surface area contributed by atoms with Gasteiger partial charge in [0.25, 0.3) is 0 Å². The number of hydrogen-bond acceptors (Lipinski definition) is 4. The van der Waals surface area contributed by atoms with E-state index in [9.17, 15) is 26.4 Å². The summed E-state index contributed by atoms with van der Waals surface area (Å²) in [4.78, 5) is 10.2. The predicted molar refractivity (Wildman–Crippen MR) is 62.5 cm³/mol. The van der Waals surface area contributed by atoms with E-state index in [0.717, 1.165) is 0 Å². The average molecular weight is 325 g/mol. The van der Waals surface area contributed by atoms with Gasteiger partial charge in [-0.25, -0.2) is 21.6 Å². The lowest BCUT2D eigenvalue weighted by molar-refractivity contribution is -0.146. The molecule has 1 fully saturated rings. The first kappa shape index (κ1) is 15.7. The highest BCUT2D eigenvalue weighted by atomic mass is 32.2. The highest BCUT2D eigenvalue weighted by molar-refractivity contribution is 7.89. The zero-order valence-corrected chi connectivity index (χ0v) is 11.2. The third kappa shape index (κ3) is 2.87. The molecule has 10 heteroatoms. The first-order valence-corrected chi connectivity index (χ1v) is 7.16. The van der Waals surface area contributed by atoms with E-state index in [0.29, 0.717) is 16.4 Å². The monoisotopic (exact) mass is 325 g/mol. The predicted octanol–water partition coefficient (Wildman–Crippen LogP) is 0.578. The fraction of sp³-hybridized carbons (Fsp3) is 0.364. The van der Waals surface area contributed by atoms with E-state index >= 15 is 0 Å². The standard InChI is InChI=1S/C11H10F3NO5S/c12-7-3-6(4-8(13)10(7)14)21(18,19)15-1-2-20-5-9(15)11(16)17/h3-4,9H,1-2,5H2,(H,16,17). The molecule has 6 nitrogen and oxygen atoms in total. The molecule has 1 aliphatic rings. The van der Waals surface area contributed by atoms with Gasteiger partial charge in [0.2, 0.25) is 10.0 Å². The van der Waals surface area contributed by atoms with E-state index in [1.807, 2.05) is 0 Å². The van der Waals surface area contributed by atoms with Crippen LogP contribution in [0.1, 0.15) is 0 Å². The molecule has 1 unspecified atom stereocenters. The van der Waals surface area contributed by atoms with Crippen molar-refractivity contribution in [3.63, 3.8) is 0 Å². The maximum Gasteiger partial charge on any atom is 0.324 e. The molecule has 21 heavy (non-hydrogen) atoms. The van der Waals surface area contributed by atoms with Crippen molar-refractivity contribution in [2.45, 2.75) is 10.9 Å². The molecule has 1 saturated heterocycles. The van der Waals surface area contributed by atoms with Gasteiger partial charge in [0.05, 0.1) is 18.1 Å². The molecule has 1 N–H and O–H groups in total. The molecule has 116 valence electrons. The summed E-state index contributed by atoms with van der Waals surface area (Å²) in [6.07, 6.45) is 0. The first-order valence-electron chi connectivity index (χ1n) is 5.72. The molecule has 2 rings (SSSR count). The van der Waals surface area contributed by atoms with Gasteiger partial charge >= 0.3 is 5.97 Å². The zero-order valence-electron chi connectivity index (χ0n) is 10.4. The molecule has 0 radical (unpaired) electrons. The summed E-state index contributed by atoms with van der Waals surface area (Å²) in [6.45, 7) is -0.740. The van der Waals surface area contributed by atoms with Gasteiger partial charge in [-0.3, -0.25) is 4.79 Å². The van der Waals surface area contributed by atoms with Crippen LogP contribution >= 0.6 is 0 Å². The zero-order chi connectivity index (χ0) is 15.8. The summed E-state index contributed by atoms with van der Waals surface area (Å²) in [5.41, 5.74) is 0. The quantitative estimate of drug-likeness (QED) is 0.822. The Hall–Kier alpha value is -1.65. The van der Waals surface area contributed by atoms with Crippen molar-refractivity contribution in [1.29, 1.82) is 0 Å². The lowest BCUT2D eigenvalue weighted by Crippen LogP contribution is -2.52. The van der Waals surface area contributed by atoms with Crippen LogP contribution in [0.3, 0.4) is 0 Å². The summed E-state index contributed by atoms with van der Waals surface area (Å²) in [5, 5.41) is 8.98. The van der Waals surface area contributed by atoms with Crippen LogP contribution in [0.5, 0.6) is 0 Å². The van der Waals surface area contributed by atoms with Crippen molar-refractivity contribution in [1.82, 2.24) is 4.31 Å². The molecule has 1 aromatic rings. The number of nitrogens with zero attached hydrogens (tertiary/aromatic N) is 1. The number of carbonyl (C=O) groups is 1. The Morgan fingerprint density at radius 2 is 1.86 bits per heavy atom. The van der Waals surface area contributed by atoms with Crippen LogP contribution in [0.2, 0.25) is 0 Å². The third-order valence-electron chi connectivity index (χ3n) is 2.93. The van der Waals surface area contributed by atoms with Crippen LogP contribution < -0.4 is 0 Å². The summed E-state index contributed by atoms with van der Waals surface area (Å²) in [5.74, 6) is -6.60. The molecule has 1 heterocycles. The average Bonchev–Trinajstić information content (AvgIpc) is 2.44. The minimum absolute atomic E-state index is 0.0603. The Morgan fingerprint density at radius 1 is 1.29 bits per heavy atom. The lowest BCUT2D eigenvalue weighted by atomic mass is 10.3. The fourth-order valence-corrected chi connectivity index (χ4v) is 3.46. The molecule has 0 spiro atoms. The van der Waals surface area contributed by atoms with E-state index in [1.54, 1.807) is 0 Å². The van der Waals surface area contributed by atoms with Gasteiger partial charge in [-0.1, -0.05) is 0 Å². The minimum Gasteiger partial charge on any atom is -0.480 e. The van der Waals surface area contributed by atoms with Gasteiger partial charge in [0, 0.05) is 6.54 Å². The SMILES string of the molecule is O=C(O)C1COCCN1S(=O)(=O)c1cc(F)c(F)c(F)c1. The van der Waals surface area contributed by atoms with Crippen molar-refractivity contribution in [3.8, 4) is 0 Å². The fourth-order valence-electron chi connectivity index (χ4n) is 1.89. The molecule has 1 aromatic carbocycles. The molecule has 1 aliphatic heterocycles. The summed E-state index contributed by atoms with van der Waals surface area (Å²) in [6, 6.07) is -0.899. The number of morpholine rings is 1. The Labute approximate surface area is 117 Å². The summed E-state index contributed by atoms with van der Waals surface area (Å²) in [7, 11) is -4.49. The Morgan fingerprint density at radius 3 is 2.38 bits per heavy atom. The Bertz CT molecular complexity index is 655. The highest BCUT2D eigenvalue weighted by Crippen LogP contribution is 2.24. The lowest BCUT2D eigenvalue weighted by Gasteiger charge is -2.31. The number of sulfonamides is 1. The molecular weight excluding hydrogens is 315 g/mol. The van der Waals surface area contributed by atoms with Crippen LogP contribution in [-0.4, -0.2) is 49.6 Å². The van der Waals surface area contributed by atoms with E-state index in [1.165, 1.54) is 0 Å². The number of benzene rings is 1. The van der Waals surface area contributed by atoms with Gasteiger partial charge in [0.1, 0.15) is 6.04 Å². The van der Waals surface area contributed by atoms with Crippen molar-refractivity contribution in [2.75, 3.05) is 19.8 Å². The first-order chi connectivity index (χ1) is 9.75. The largest absolute Gasteiger partial charge is 0.480 e. The second-order valence-electron chi connectivity index (χ2n) is 4.25. The number of carboxylic acids is 1. The van der Waals surface area contributed by atoms with Crippen molar-refractivity contribution < 1.29 is 36.2 Å². The number of halogens is 3. The molecule has 0 saturated carbocycles. The Kier molecular flexibility index (Phi) is 4.21. The van der Waals surface area contributed by atoms with Crippen molar-refractivity contribution in [3.05, 3.63) is 29.6 Å². The minimum atomic E-state index is -4.49. The maximum absolute atomic E-state index is 13.2. The van der Waals surface area contributed by atoms with Gasteiger partial charge in [0.15, 0.2) is 17.5 Å². The summed E-state index contributed by atoms with van der Waals surface area (Å²) < 4.78 is 69.2. The number of hydrogen-bond donors (Lipinski definition) is 1. The molecule has 1 atom stereocenters. The van der Waals surface area contributed by atoms with Crippen LogP contribution in [0, 0.1) is 17.5 Å². The van der Waals surface area contributed by atoms with Gasteiger partial charge in [-0.15, -0.1) is 0 Å². The van der Waals surface area contributed by atoms with Crippen LogP contribution in [-0.2, 0) is 19.6 Å². The molecule has 0 aromatic heterocycles. The summed E-state index contributed by atoms with van der Waals surface area (Å²) >= 11 is 0. The van der Waals surface area contributed by atoms with Gasteiger partial charge in [-0.05, 0) is 12.1 Å². The van der Waals surface area contributed by atoms with Crippen molar-refractivity contribution >= 4 is 16.0 Å². The maximum atomic E-state index is 13.2. The van der Waals surface area contributed by atoms with Gasteiger partial charge < -0.3 is 9.84 Å². The molecule has 0 amide bonds. The normalized spacial score (nSPS) is 20.4. The van der Waals surface area contributed by atoms with E-state index in [4.69, 9.17) is 9.84 Å². The van der Waals surface area contributed by atoms with Gasteiger partial charge in [-0.2, -0.15) is 4.31 Å². The van der Waals surface area contributed by atoms with Crippen LogP contribution in [0.4, 0.5) is 13.2 Å². The van der Waals surface area contributed by atoms with Crippen molar-refractivity contribution in [2.24, 2.45) is 0 Å². The third-order valence-corrected chi connectivity index (χ3v) is 4.81.